The third kappa shape index (κ3) is 2.57. The first-order chi connectivity index (χ1) is 8.24. The van der Waals surface area contributed by atoms with Crippen LogP contribution in [0, 0.1) is 6.92 Å². The molecule has 0 aliphatic heterocycles. The van der Waals surface area contributed by atoms with Gasteiger partial charge in [0.25, 0.3) is 0 Å². The van der Waals surface area contributed by atoms with E-state index in [0.717, 1.165) is 15.6 Å². The molecule has 2 rings (SSSR count). The highest BCUT2D eigenvalue weighted by atomic mass is 79.9. The van der Waals surface area contributed by atoms with Crippen molar-refractivity contribution < 1.29 is 0 Å². The van der Waals surface area contributed by atoms with Gasteiger partial charge in [-0.1, -0.05) is 64.5 Å². The van der Waals surface area contributed by atoms with Gasteiger partial charge in [0, 0.05) is 4.47 Å². The summed E-state index contributed by atoms with van der Waals surface area (Å²) in [6.45, 7) is 2.08. The van der Waals surface area contributed by atoms with Crippen molar-refractivity contribution in [2.75, 3.05) is 0 Å². The molecule has 3 heteroatoms. The van der Waals surface area contributed by atoms with E-state index >= 15 is 0 Å². The zero-order valence-corrected chi connectivity index (χ0v) is 11.2. The van der Waals surface area contributed by atoms with E-state index in [0.29, 0.717) is 0 Å². The largest absolute Gasteiger partial charge is 0.271 e. The quantitative estimate of drug-likeness (QED) is 0.672. The average molecular weight is 291 g/mol. The molecule has 0 aliphatic carbocycles. The van der Waals surface area contributed by atoms with E-state index in [1.807, 2.05) is 24.3 Å². The molecule has 88 valence electrons. The second-order valence-electron chi connectivity index (χ2n) is 3.99. The molecule has 0 aromatic heterocycles. The first-order valence-electron chi connectivity index (χ1n) is 5.50. The highest BCUT2D eigenvalue weighted by Crippen LogP contribution is 2.30. The van der Waals surface area contributed by atoms with Gasteiger partial charge in [-0.25, -0.2) is 5.43 Å². The Balaban J connectivity index is 2.46. The van der Waals surface area contributed by atoms with E-state index in [1.54, 1.807) is 0 Å². The minimum Gasteiger partial charge on any atom is -0.271 e. The lowest BCUT2D eigenvalue weighted by Crippen LogP contribution is -2.29. The molecule has 17 heavy (non-hydrogen) atoms. The van der Waals surface area contributed by atoms with Gasteiger partial charge in [-0.2, -0.15) is 0 Å². The van der Waals surface area contributed by atoms with Gasteiger partial charge < -0.3 is 0 Å². The lowest BCUT2D eigenvalue weighted by Gasteiger charge is -2.19. The predicted molar refractivity (Wildman–Crippen MR) is 74.5 cm³/mol. The zero-order chi connectivity index (χ0) is 12.3. The van der Waals surface area contributed by atoms with Crippen LogP contribution in [0.3, 0.4) is 0 Å². The smallest absolute Gasteiger partial charge is 0.0721 e. The Labute approximate surface area is 110 Å². The van der Waals surface area contributed by atoms with Gasteiger partial charge in [0.1, 0.15) is 0 Å². The number of hydrogen-bond donors (Lipinski definition) is 2. The molecule has 0 radical (unpaired) electrons. The third-order valence-corrected chi connectivity index (χ3v) is 3.92. The monoisotopic (exact) mass is 290 g/mol. The predicted octanol–water partition coefficient (Wildman–Crippen LogP) is 3.31. The normalized spacial score (nSPS) is 12.4. The number of benzene rings is 2. The first-order valence-corrected chi connectivity index (χ1v) is 6.29. The number of nitrogens with two attached hydrogens (primary N) is 1. The van der Waals surface area contributed by atoms with Crippen LogP contribution in [0.1, 0.15) is 22.7 Å². The van der Waals surface area contributed by atoms with Crippen molar-refractivity contribution in [2.45, 2.75) is 13.0 Å². The summed E-state index contributed by atoms with van der Waals surface area (Å²) >= 11 is 3.62. The lowest BCUT2D eigenvalue weighted by molar-refractivity contribution is 0.634. The summed E-state index contributed by atoms with van der Waals surface area (Å²) in [6, 6.07) is 16.4. The van der Waals surface area contributed by atoms with Crippen LogP contribution in [0.4, 0.5) is 0 Å². The molecular weight excluding hydrogens is 276 g/mol. The molecule has 0 heterocycles. The highest BCUT2D eigenvalue weighted by molar-refractivity contribution is 9.10. The topological polar surface area (TPSA) is 38.0 Å². The van der Waals surface area contributed by atoms with E-state index in [2.05, 4.69) is 52.5 Å². The number of aryl methyl sites for hydroxylation is 1. The van der Waals surface area contributed by atoms with Gasteiger partial charge in [-0.05, 0) is 23.6 Å². The van der Waals surface area contributed by atoms with Gasteiger partial charge in [0.05, 0.1) is 6.04 Å². The summed E-state index contributed by atoms with van der Waals surface area (Å²) in [5.74, 6) is 5.68. The van der Waals surface area contributed by atoms with Crippen LogP contribution in [0.2, 0.25) is 0 Å². The van der Waals surface area contributed by atoms with E-state index in [9.17, 15) is 0 Å². The molecule has 3 N–H and O–H groups in total. The van der Waals surface area contributed by atoms with E-state index < -0.39 is 0 Å². The summed E-state index contributed by atoms with van der Waals surface area (Å²) in [6.07, 6.45) is 0. The van der Waals surface area contributed by atoms with Crippen LogP contribution < -0.4 is 11.3 Å². The van der Waals surface area contributed by atoms with Crippen molar-refractivity contribution in [1.82, 2.24) is 5.43 Å². The molecule has 2 aromatic carbocycles. The van der Waals surface area contributed by atoms with Crippen molar-refractivity contribution in [3.8, 4) is 0 Å². The van der Waals surface area contributed by atoms with Crippen LogP contribution in [0.25, 0.3) is 0 Å². The fraction of sp³-hybridized carbons (Fsp3) is 0.143. The minimum atomic E-state index is 0.00507. The Bertz CT molecular complexity index is 497. The molecule has 0 amide bonds. The number of hydrogen-bond acceptors (Lipinski definition) is 2. The molecule has 0 saturated carbocycles. The maximum Gasteiger partial charge on any atom is 0.0721 e. The van der Waals surface area contributed by atoms with E-state index in [4.69, 9.17) is 5.84 Å². The van der Waals surface area contributed by atoms with Gasteiger partial charge in [0.2, 0.25) is 0 Å². The summed E-state index contributed by atoms with van der Waals surface area (Å²) < 4.78 is 1.10. The lowest BCUT2D eigenvalue weighted by atomic mass is 9.98. The average Bonchev–Trinajstić information content (AvgIpc) is 2.37. The van der Waals surface area contributed by atoms with Crippen molar-refractivity contribution in [3.63, 3.8) is 0 Å². The van der Waals surface area contributed by atoms with Crippen LogP contribution in [0.15, 0.2) is 53.0 Å². The zero-order valence-electron chi connectivity index (χ0n) is 9.65. The number of rotatable bonds is 3. The minimum absolute atomic E-state index is 0.00507. The standard InChI is InChI=1S/C14H15BrN2/c1-10-6-5-9-12(13(10)15)14(17-16)11-7-3-2-4-8-11/h2-9,14,17H,16H2,1H3. The van der Waals surface area contributed by atoms with Gasteiger partial charge in [-0.3, -0.25) is 5.84 Å². The summed E-state index contributed by atoms with van der Waals surface area (Å²) in [5, 5.41) is 0. The van der Waals surface area contributed by atoms with Gasteiger partial charge in [-0.15, -0.1) is 0 Å². The molecule has 2 nitrogen and oxygen atoms in total. The molecule has 0 bridgehead atoms. The van der Waals surface area contributed by atoms with Crippen LogP contribution in [0.5, 0.6) is 0 Å². The summed E-state index contributed by atoms with van der Waals surface area (Å²) in [4.78, 5) is 0. The highest BCUT2D eigenvalue weighted by Gasteiger charge is 2.15. The maximum atomic E-state index is 5.68. The molecule has 0 spiro atoms. The van der Waals surface area contributed by atoms with E-state index in [-0.39, 0.29) is 6.04 Å². The Hall–Kier alpha value is -1.16. The van der Waals surface area contributed by atoms with Crippen LogP contribution in [-0.4, -0.2) is 0 Å². The second kappa shape index (κ2) is 5.45. The second-order valence-corrected chi connectivity index (χ2v) is 4.78. The molecule has 2 aromatic rings. The van der Waals surface area contributed by atoms with Crippen molar-refractivity contribution in [1.29, 1.82) is 0 Å². The summed E-state index contributed by atoms with van der Waals surface area (Å²) in [7, 11) is 0. The summed E-state index contributed by atoms with van der Waals surface area (Å²) in [5.41, 5.74) is 6.39. The number of nitrogens with one attached hydrogen (secondary N) is 1. The Morgan fingerprint density at radius 1 is 1.06 bits per heavy atom. The fourth-order valence-electron chi connectivity index (χ4n) is 1.90. The maximum absolute atomic E-state index is 5.68. The third-order valence-electron chi connectivity index (χ3n) is 2.83. The molecule has 1 atom stereocenters. The van der Waals surface area contributed by atoms with Gasteiger partial charge in [0.15, 0.2) is 0 Å². The SMILES string of the molecule is Cc1cccc(C(NN)c2ccccc2)c1Br. The van der Waals surface area contributed by atoms with Crippen LogP contribution >= 0.6 is 15.9 Å². The Morgan fingerprint density at radius 3 is 2.41 bits per heavy atom. The molecule has 0 fully saturated rings. The van der Waals surface area contributed by atoms with Crippen LogP contribution in [-0.2, 0) is 0 Å². The van der Waals surface area contributed by atoms with Crippen molar-refractivity contribution in [3.05, 3.63) is 69.7 Å². The molecule has 0 aliphatic rings. The van der Waals surface area contributed by atoms with Crippen molar-refractivity contribution >= 4 is 15.9 Å². The van der Waals surface area contributed by atoms with Crippen molar-refractivity contribution in [2.24, 2.45) is 5.84 Å². The number of halogens is 1. The number of hydrazine groups is 1. The van der Waals surface area contributed by atoms with Gasteiger partial charge >= 0.3 is 0 Å². The Kier molecular flexibility index (Phi) is 3.94. The first kappa shape index (κ1) is 12.3. The Morgan fingerprint density at radius 2 is 1.76 bits per heavy atom. The molecular formula is C14H15BrN2. The molecule has 1 unspecified atom stereocenters. The molecule has 0 saturated heterocycles. The fourth-order valence-corrected chi connectivity index (χ4v) is 2.40. The van der Waals surface area contributed by atoms with E-state index in [1.165, 1.54) is 5.56 Å².